The molecule has 2 aromatic heterocycles. The van der Waals surface area contributed by atoms with Gasteiger partial charge in [-0.1, -0.05) is 33.3 Å². The highest BCUT2D eigenvalue weighted by atomic mass is 32.1. The summed E-state index contributed by atoms with van der Waals surface area (Å²) in [7, 11) is 0. The zero-order valence-corrected chi connectivity index (χ0v) is 18.7. The maximum absolute atomic E-state index is 13.3. The molecule has 0 aliphatic rings. The van der Waals surface area contributed by atoms with Crippen molar-refractivity contribution in [3.63, 3.8) is 0 Å². The first-order valence-electron chi connectivity index (χ1n) is 10.2. The van der Waals surface area contributed by atoms with Gasteiger partial charge in [-0.05, 0) is 24.5 Å². The van der Waals surface area contributed by atoms with Crippen molar-refractivity contribution in [1.29, 1.82) is 0 Å². The van der Waals surface area contributed by atoms with Crippen LogP contribution in [0.25, 0.3) is 21.3 Å². The summed E-state index contributed by atoms with van der Waals surface area (Å²) in [5.41, 5.74) is 7.38. The Morgan fingerprint density at radius 1 is 1.32 bits per heavy atom. The standard InChI is InChI=1S/C22H27N3O5S/c1-4-5-8-29-19-16-9-14(20-24-18(12-31-20)30-22(27)28)6-7-15(16)21(26)25(11-13(2)3)17(19)10-23/h6-7,9,12-13H,4-5,8,10-11,23H2,1-3H3,(H,27,28). The van der Waals surface area contributed by atoms with Crippen LogP contribution in [0.4, 0.5) is 4.79 Å². The van der Waals surface area contributed by atoms with E-state index in [1.54, 1.807) is 16.7 Å². The van der Waals surface area contributed by atoms with E-state index in [9.17, 15) is 9.59 Å². The topological polar surface area (TPSA) is 117 Å². The average Bonchev–Trinajstić information content (AvgIpc) is 3.18. The number of carboxylic acid groups (broad SMARTS) is 1. The minimum Gasteiger partial charge on any atom is -0.491 e. The van der Waals surface area contributed by atoms with Crippen molar-refractivity contribution in [1.82, 2.24) is 9.55 Å². The molecule has 0 bridgehead atoms. The lowest BCUT2D eigenvalue weighted by molar-refractivity contribution is 0.143. The van der Waals surface area contributed by atoms with Gasteiger partial charge in [0.05, 0.1) is 23.1 Å². The molecule has 0 aliphatic carbocycles. The Morgan fingerprint density at radius 3 is 2.74 bits per heavy atom. The zero-order valence-electron chi connectivity index (χ0n) is 17.9. The predicted octanol–water partition coefficient (Wildman–Crippen LogP) is 4.48. The Morgan fingerprint density at radius 2 is 2.10 bits per heavy atom. The molecule has 3 N–H and O–H groups in total. The van der Waals surface area contributed by atoms with E-state index in [0.29, 0.717) is 40.4 Å². The van der Waals surface area contributed by atoms with E-state index in [2.05, 4.69) is 30.5 Å². The van der Waals surface area contributed by atoms with Crippen LogP contribution in [0, 0.1) is 5.92 Å². The molecular formula is C22H27N3O5S. The van der Waals surface area contributed by atoms with Crippen LogP contribution in [0.5, 0.6) is 11.6 Å². The number of aromatic nitrogens is 2. The van der Waals surface area contributed by atoms with Crippen molar-refractivity contribution >= 4 is 28.3 Å². The summed E-state index contributed by atoms with van der Waals surface area (Å²) in [5, 5.41) is 12.1. The van der Waals surface area contributed by atoms with E-state index in [1.807, 2.05) is 6.07 Å². The van der Waals surface area contributed by atoms with Crippen LogP contribution in [0.1, 0.15) is 39.3 Å². The largest absolute Gasteiger partial charge is 0.512 e. The number of hydrogen-bond donors (Lipinski definition) is 2. The second-order valence-electron chi connectivity index (χ2n) is 7.61. The molecule has 0 atom stereocenters. The summed E-state index contributed by atoms with van der Waals surface area (Å²) in [5.74, 6) is 0.903. The van der Waals surface area contributed by atoms with Gasteiger partial charge < -0.3 is 24.9 Å². The van der Waals surface area contributed by atoms with Gasteiger partial charge in [-0.15, -0.1) is 11.3 Å². The summed E-state index contributed by atoms with van der Waals surface area (Å²) in [6.07, 6.45) is 0.454. The van der Waals surface area contributed by atoms with E-state index in [0.717, 1.165) is 18.4 Å². The van der Waals surface area contributed by atoms with Gasteiger partial charge in [0.25, 0.3) is 5.56 Å². The third-order valence-corrected chi connectivity index (χ3v) is 5.60. The molecular weight excluding hydrogens is 418 g/mol. The zero-order chi connectivity index (χ0) is 22.5. The SMILES string of the molecule is CCCCOc1c(CN)n(CC(C)C)c(=O)c2ccc(-c3nc(OC(=O)O)cs3)cc12. The lowest BCUT2D eigenvalue weighted by Gasteiger charge is -2.20. The molecule has 31 heavy (non-hydrogen) atoms. The molecule has 8 nitrogen and oxygen atoms in total. The van der Waals surface area contributed by atoms with Gasteiger partial charge in [-0.3, -0.25) is 4.79 Å². The van der Waals surface area contributed by atoms with Crippen LogP contribution >= 0.6 is 11.3 Å². The van der Waals surface area contributed by atoms with Crippen molar-refractivity contribution in [3.05, 3.63) is 39.6 Å². The normalized spacial score (nSPS) is 11.3. The molecule has 0 saturated carbocycles. The highest BCUT2D eigenvalue weighted by molar-refractivity contribution is 7.13. The first-order chi connectivity index (χ1) is 14.8. The second-order valence-corrected chi connectivity index (χ2v) is 8.47. The number of thiazole rings is 1. The number of benzene rings is 1. The van der Waals surface area contributed by atoms with Crippen LogP contribution in [-0.4, -0.2) is 27.4 Å². The smallest absolute Gasteiger partial charge is 0.491 e. The van der Waals surface area contributed by atoms with Gasteiger partial charge in [-0.2, -0.15) is 0 Å². The third kappa shape index (κ3) is 5.05. The summed E-state index contributed by atoms with van der Waals surface area (Å²) in [6, 6.07) is 5.40. The number of unbranched alkanes of at least 4 members (excludes halogenated alkanes) is 1. The molecule has 0 aliphatic heterocycles. The molecule has 0 unspecified atom stereocenters. The average molecular weight is 446 g/mol. The van der Waals surface area contributed by atoms with E-state index in [1.165, 1.54) is 16.7 Å². The quantitative estimate of drug-likeness (QED) is 0.368. The van der Waals surface area contributed by atoms with Crippen LogP contribution in [0.2, 0.25) is 0 Å². The number of fused-ring (bicyclic) bond motifs is 1. The molecule has 3 aromatic rings. The van der Waals surface area contributed by atoms with Crippen LogP contribution in [-0.2, 0) is 13.1 Å². The first-order valence-corrected chi connectivity index (χ1v) is 11.1. The molecule has 0 spiro atoms. The van der Waals surface area contributed by atoms with Gasteiger partial charge in [0.2, 0.25) is 5.88 Å². The van der Waals surface area contributed by atoms with E-state index in [-0.39, 0.29) is 23.9 Å². The third-order valence-electron chi connectivity index (χ3n) is 4.73. The van der Waals surface area contributed by atoms with Crippen molar-refractivity contribution in [2.45, 2.75) is 46.7 Å². The molecule has 0 saturated heterocycles. The Bertz CT molecular complexity index is 1140. The van der Waals surface area contributed by atoms with Crippen molar-refractivity contribution < 1.29 is 19.4 Å². The number of rotatable bonds is 9. The molecule has 166 valence electrons. The Hall–Kier alpha value is -2.91. The van der Waals surface area contributed by atoms with Crippen molar-refractivity contribution in [2.75, 3.05) is 6.61 Å². The monoisotopic (exact) mass is 445 g/mol. The highest BCUT2D eigenvalue weighted by Crippen LogP contribution is 2.34. The Labute approximate surface area is 184 Å². The first kappa shape index (κ1) is 22.8. The van der Waals surface area contributed by atoms with Crippen LogP contribution in [0.3, 0.4) is 0 Å². The predicted molar refractivity (Wildman–Crippen MR) is 121 cm³/mol. The van der Waals surface area contributed by atoms with E-state index < -0.39 is 6.16 Å². The highest BCUT2D eigenvalue weighted by Gasteiger charge is 2.19. The molecule has 2 heterocycles. The maximum atomic E-state index is 13.3. The maximum Gasteiger partial charge on any atom is 0.512 e. The van der Waals surface area contributed by atoms with Crippen molar-refractivity contribution in [3.8, 4) is 22.2 Å². The Balaban J connectivity index is 2.18. The van der Waals surface area contributed by atoms with Gasteiger partial charge >= 0.3 is 6.16 Å². The van der Waals surface area contributed by atoms with E-state index in [4.69, 9.17) is 15.6 Å². The summed E-state index contributed by atoms with van der Waals surface area (Å²) < 4.78 is 12.5. The number of ether oxygens (including phenoxy) is 2. The minimum absolute atomic E-state index is 0.0158. The fourth-order valence-corrected chi connectivity index (χ4v) is 4.09. The Kier molecular flexibility index (Phi) is 7.29. The molecule has 9 heteroatoms. The van der Waals surface area contributed by atoms with Gasteiger partial charge in [0, 0.05) is 24.0 Å². The lowest BCUT2D eigenvalue weighted by atomic mass is 10.1. The fraction of sp³-hybridized carbons (Fsp3) is 0.409. The number of nitrogens with zero attached hydrogens (tertiary/aromatic N) is 2. The fourth-order valence-electron chi connectivity index (χ4n) is 3.37. The minimum atomic E-state index is -1.42. The second kappa shape index (κ2) is 9.93. The van der Waals surface area contributed by atoms with Crippen LogP contribution < -0.4 is 20.8 Å². The van der Waals surface area contributed by atoms with Gasteiger partial charge in [0.1, 0.15) is 10.8 Å². The number of hydrogen-bond acceptors (Lipinski definition) is 7. The molecule has 0 fully saturated rings. The van der Waals surface area contributed by atoms with Crippen molar-refractivity contribution in [2.24, 2.45) is 11.7 Å². The number of nitrogens with two attached hydrogens (primary N) is 1. The lowest BCUT2D eigenvalue weighted by Crippen LogP contribution is -2.28. The summed E-state index contributed by atoms with van der Waals surface area (Å²) in [6.45, 7) is 7.44. The summed E-state index contributed by atoms with van der Waals surface area (Å²) in [4.78, 5) is 28.2. The summed E-state index contributed by atoms with van der Waals surface area (Å²) >= 11 is 1.26. The van der Waals surface area contributed by atoms with E-state index >= 15 is 0 Å². The molecule has 0 amide bonds. The van der Waals surface area contributed by atoms with Gasteiger partial charge in [0.15, 0.2) is 0 Å². The number of pyridine rings is 1. The number of carbonyl (C=O) groups is 1. The molecule has 0 radical (unpaired) electrons. The molecule has 1 aromatic carbocycles. The molecule has 3 rings (SSSR count). The van der Waals surface area contributed by atoms with Gasteiger partial charge in [-0.25, -0.2) is 9.78 Å². The van der Waals surface area contributed by atoms with Crippen LogP contribution in [0.15, 0.2) is 28.4 Å².